The van der Waals surface area contributed by atoms with E-state index in [1.54, 1.807) is 19.1 Å². The van der Waals surface area contributed by atoms with E-state index >= 15 is 0 Å². The molecule has 0 aromatic heterocycles. The van der Waals surface area contributed by atoms with Crippen molar-refractivity contribution in [2.45, 2.75) is 235 Å². The number of carbonyl (C=O) groups excluding carboxylic acids is 2. The summed E-state index contributed by atoms with van der Waals surface area (Å²) in [6.07, 6.45) is -21.2. The second-order valence-corrected chi connectivity index (χ2v) is 26.4. The minimum atomic E-state index is -5.18. The fourth-order valence-corrected chi connectivity index (χ4v) is 16.4. The summed E-state index contributed by atoms with van der Waals surface area (Å²) in [6, 6.07) is 0. The SMILES string of the molecule is CO[C@@H]1[C@@H](O)[C@H](O[C@@H]2[C@@H](O)[C@H](O[C@H]3[C@H](O)[C@@H](O)[C@H](O[C@H]4[C@H](O[C@H]5CC[C@]6(C)[C@H]7CC[C@]89C(=O)O[C@@](C)(/C=C/C=C(C)C)[C@@]8(O)[C@@H](OC(C)=O)C[C@@]9(C)C7=CC[C@H]6C5(C)C)OC[C@@H](OS(=O)(=O)O)[C@@H]4O)O[C@@H]3C)OC[C@H]2O)O[C@H](CO)[C@H]1O. The highest BCUT2D eigenvalue weighted by Gasteiger charge is 2.87. The van der Waals surface area contributed by atoms with Crippen molar-refractivity contribution in [3.05, 3.63) is 35.5 Å². The molecule has 82 heavy (non-hydrogen) atoms. The van der Waals surface area contributed by atoms with Gasteiger partial charge in [0, 0.05) is 19.4 Å². The molecule has 5 aliphatic heterocycles. The van der Waals surface area contributed by atoms with Crippen LogP contribution in [0.4, 0.5) is 0 Å². The Kier molecular flexibility index (Phi) is 18.0. The lowest BCUT2D eigenvalue weighted by Crippen LogP contribution is -2.66. The Balaban J connectivity index is 0.919. The van der Waals surface area contributed by atoms with Gasteiger partial charge in [-0.1, -0.05) is 57.1 Å². The van der Waals surface area contributed by atoms with Gasteiger partial charge in [-0.05, 0) is 95.0 Å². The molecule has 1 spiro atoms. The van der Waals surface area contributed by atoms with Gasteiger partial charge in [-0.25, -0.2) is 4.18 Å². The first kappa shape index (κ1) is 63.8. The van der Waals surface area contributed by atoms with Crippen LogP contribution in [0.5, 0.6) is 0 Å². The van der Waals surface area contributed by atoms with Crippen LogP contribution in [0.15, 0.2) is 35.5 Å². The number of hydrogen-bond donors (Lipinski definition) is 10. The number of methoxy groups -OCH3 is 1. The number of fused-ring (bicyclic) bond motifs is 4. The number of esters is 2. The monoisotopic (exact) mass is 1190 g/mol. The van der Waals surface area contributed by atoms with Crippen LogP contribution in [0.1, 0.15) is 101 Å². The number of carbonyl (C=O) groups is 2. The number of cyclic esters (lactones) is 1. The molecule has 0 unspecified atom stereocenters. The molecule has 27 atom stereocenters. The van der Waals surface area contributed by atoms with Crippen molar-refractivity contribution in [2.24, 2.45) is 33.5 Å². The summed E-state index contributed by atoms with van der Waals surface area (Å²) >= 11 is 0. The molecule has 0 amide bonds. The van der Waals surface area contributed by atoms with Gasteiger partial charge < -0.3 is 98.1 Å². The third-order valence-corrected chi connectivity index (χ3v) is 20.5. The number of ether oxygens (including phenoxy) is 11. The van der Waals surface area contributed by atoms with E-state index < -0.39 is 198 Å². The Bertz CT molecular complexity index is 2560. The molecule has 5 saturated heterocycles. The average molecular weight is 1190 g/mol. The highest BCUT2D eigenvalue weighted by molar-refractivity contribution is 7.80. The Morgan fingerprint density at radius 1 is 0.768 bits per heavy atom. The summed E-state index contributed by atoms with van der Waals surface area (Å²) in [7, 11) is -3.98. The van der Waals surface area contributed by atoms with Gasteiger partial charge in [0.05, 0.1) is 32.0 Å². The van der Waals surface area contributed by atoms with Crippen LogP contribution >= 0.6 is 0 Å². The van der Waals surface area contributed by atoms with Crippen LogP contribution in [0.25, 0.3) is 0 Å². The summed E-state index contributed by atoms with van der Waals surface area (Å²) in [5.41, 5.74) is -5.06. The number of aliphatic hydroxyl groups is 9. The molecule has 0 bridgehead atoms. The number of allylic oxidation sites excluding steroid dienone is 5. The van der Waals surface area contributed by atoms with Gasteiger partial charge in [-0.2, -0.15) is 8.42 Å². The van der Waals surface area contributed by atoms with Crippen LogP contribution in [-0.4, -0.2) is 232 Å². The molecular formula is C55H84O26S. The Morgan fingerprint density at radius 2 is 1.41 bits per heavy atom. The standard InChI is InChI=1S/C55H84O26S/c1-24(2)12-11-17-53(9)55(66)34(74-26(4)57)20-52(8)28-13-14-32-50(5,6)33(16-18-51(32,7)27(28)15-19-54(52,55)49(65)80-53)76-48-44(36(60)31(23-72-48)81-82(67,68)69)79-46-38(62)37(61)41(25(3)73-46)77-45-39(63)42(29(58)22-71-45)78-47-40(64)43(70-10)35(59)30(21-56)75-47/h11-13,17,25,27,29-48,56,58-64,66H,14-16,18-23H2,1-10H3,(H,67,68,69)/b17-11+/t25-,27+,29-,30-,31-,32+,33+,34+,35-,36+,37-,38-,39-,40-,41-,42+,43+,44-,45+,46+,47+,48+,51-,52+,53+,54-,55+/m1/s1. The largest absolute Gasteiger partial charge is 0.459 e. The predicted octanol–water partition coefficient (Wildman–Crippen LogP) is -0.489. The topological polar surface area (TPSA) is 381 Å². The molecule has 26 nitrogen and oxygen atoms in total. The van der Waals surface area contributed by atoms with Crippen LogP contribution in [0, 0.1) is 33.5 Å². The first-order chi connectivity index (χ1) is 38.2. The highest BCUT2D eigenvalue weighted by Crippen LogP contribution is 2.77. The maximum atomic E-state index is 14.7. The first-order valence-electron chi connectivity index (χ1n) is 28.1. The smallest absolute Gasteiger partial charge is 0.397 e. The fraction of sp³-hybridized carbons (Fsp3) is 0.855. The summed E-state index contributed by atoms with van der Waals surface area (Å²) in [5.74, 6) is -1.34. The number of hydrogen-bond acceptors (Lipinski definition) is 25. The van der Waals surface area contributed by atoms with Crippen molar-refractivity contribution in [3.8, 4) is 0 Å². The third kappa shape index (κ3) is 10.5. The molecule has 10 N–H and O–H groups in total. The Hall–Kier alpha value is -2.69. The van der Waals surface area contributed by atoms with Crippen LogP contribution in [0.3, 0.4) is 0 Å². The molecule has 8 fully saturated rings. The second kappa shape index (κ2) is 23.1. The molecule has 9 rings (SSSR count). The molecule has 466 valence electrons. The van der Waals surface area contributed by atoms with E-state index in [1.807, 2.05) is 40.7 Å². The van der Waals surface area contributed by atoms with Gasteiger partial charge in [0.15, 0.2) is 36.4 Å². The maximum absolute atomic E-state index is 14.7. The molecule has 27 heteroatoms. The summed E-state index contributed by atoms with van der Waals surface area (Å²) in [5, 5.41) is 102. The fourth-order valence-electron chi connectivity index (χ4n) is 15.9. The zero-order valence-electron chi connectivity index (χ0n) is 47.8. The lowest BCUT2D eigenvalue weighted by Gasteiger charge is -2.64. The third-order valence-electron chi connectivity index (χ3n) is 20.0. The Labute approximate surface area is 476 Å². The second-order valence-electron chi connectivity index (χ2n) is 25.3. The lowest BCUT2D eigenvalue weighted by molar-refractivity contribution is -0.382. The van der Waals surface area contributed by atoms with Crippen molar-refractivity contribution < 1.29 is 125 Å². The van der Waals surface area contributed by atoms with E-state index in [9.17, 15) is 68.5 Å². The minimum Gasteiger partial charge on any atom is -0.459 e. The summed E-state index contributed by atoms with van der Waals surface area (Å²) in [6.45, 7) is 14.7. The van der Waals surface area contributed by atoms with Gasteiger partial charge >= 0.3 is 22.3 Å². The molecule has 0 radical (unpaired) electrons. The molecule has 0 aromatic rings. The number of aliphatic hydroxyl groups excluding tert-OH is 8. The van der Waals surface area contributed by atoms with Crippen molar-refractivity contribution in [2.75, 3.05) is 26.9 Å². The first-order valence-corrected chi connectivity index (χ1v) is 29.5. The maximum Gasteiger partial charge on any atom is 0.397 e. The van der Waals surface area contributed by atoms with Gasteiger partial charge in [0.1, 0.15) is 90.9 Å². The van der Waals surface area contributed by atoms with Gasteiger partial charge in [-0.15, -0.1) is 0 Å². The van der Waals surface area contributed by atoms with Gasteiger partial charge in [-0.3, -0.25) is 14.1 Å². The van der Waals surface area contributed by atoms with Crippen molar-refractivity contribution in [1.82, 2.24) is 0 Å². The predicted molar refractivity (Wildman–Crippen MR) is 277 cm³/mol. The van der Waals surface area contributed by atoms with Gasteiger partial charge in [0.2, 0.25) is 0 Å². The molecule has 3 saturated carbocycles. The molecular weight excluding hydrogens is 1110 g/mol. The molecule has 9 aliphatic rings. The van der Waals surface area contributed by atoms with Gasteiger partial charge in [0.25, 0.3) is 0 Å². The zero-order chi connectivity index (χ0) is 60.2. The summed E-state index contributed by atoms with van der Waals surface area (Å²) < 4.78 is 104. The van der Waals surface area contributed by atoms with E-state index in [1.165, 1.54) is 21.0 Å². The van der Waals surface area contributed by atoms with Crippen molar-refractivity contribution in [3.63, 3.8) is 0 Å². The zero-order valence-corrected chi connectivity index (χ0v) is 48.6. The van der Waals surface area contributed by atoms with E-state index in [2.05, 4.69) is 13.0 Å². The lowest BCUT2D eigenvalue weighted by atomic mass is 9.40. The van der Waals surface area contributed by atoms with Crippen molar-refractivity contribution >= 4 is 22.3 Å². The van der Waals surface area contributed by atoms with Crippen molar-refractivity contribution in [1.29, 1.82) is 0 Å². The van der Waals surface area contributed by atoms with Crippen LogP contribution in [0.2, 0.25) is 0 Å². The average Bonchev–Trinajstić information content (AvgIpc) is 1.92. The summed E-state index contributed by atoms with van der Waals surface area (Å²) in [4.78, 5) is 27.4. The van der Waals surface area contributed by atoms with E-state index in [-0.39, 0.29) is 24.7 Å². The van der Waals surface area contributed by atoms with Crippen LogP contribution < -0.4 is 0 Å². The van der Waals surface area contributed by atoms with E-state index in [0.717, 1.165) is 11.1 Å². The van der Waals surface area contributed by atoms with E-state index in [4.69, 9.17) is 56.3 Å². The quantitative estimate of drug-likeness (QED) is 0.0428. The van der Waals surface area contributed by atoms with E-state index in [0.29, 0.717) is 25.7 Å². The van der Waals surface area contributed by atoms with Crippen LogP contribution in [-0.2, 0) is 76.3 Å². The molecule has 4 aliphatic carbocycles. The molecule has 0 aromatic carbocycles. The number of rotatable bonds is 15. The minimum absolute atomic E-state index is 0.0953. The highest BCUT2D eigenvalue weighted by atomic mass is 32.3. The normalized spacial score (nSPS) is 50.1. The molecule has 5 heterocycles. The Morgan fingerprint density at radius 3 is 2.06 bits per heavy atom.